The maximum Gasteiger partial charge on any atom is 0.253 e. The Hall–Kier alpha value is -1.63. The Morgan fingerprint density at radius 2 is 1.92 bits per heavy atom. The summed E-state index contributed by atoms with van der Waals surface area (Å²) in [5.41, 5.74) is 0.742. The second-order valence-corrected chi connectivity index (χ2v) is 6.85. The van der Waals surface area contributed by atoms with E-state index < -0.39 is 0 Å². The Morgan fingerprint density at radius 1 is 1.23 bits per heavy atom. The zero-order valence-corrected chi connectivity index (χ0v) is 16.0. The average Bonchev–Trinajstić information content (AvgIpc) is 2.67. The largest absolute Gasteiger partial charge is 0.375 e. The number of carbonyl (C=O) groups excluding carboxylic acids is 2. The van der Waals surface area contributed by atoms with Gasteiger partial charge in [-0.25, -0.2) is 0 Å². The molecular formula is C19H28ClN3O3. The standard InChI is InChI=1S/C19H27N3O3.ClH/c1-14-17(20-9-12-25-14)18(23)21-13-15-7-10-22(11-8-15)19(24)16-5-3-2-4-6-16;/h2-6,14-15,17,20H,7-13H2,1H3,(H,21,23);1H/t14-,17+;/m1./s1. The molecule has 2 fully saturated rings. The van der Waals surface area contributed by atoms with Crippen molar-refractivity contribution in [3.05, 3.63) is 35.9 Å². The van der Waals surface area contributed by atoms with Crippen LogP contribution in [-0.2, 0) is 9.53 Å². The number of piperidine rings is 1. The lowest BCUT2D eigenvalue weighted by Gasteiger charge is -2.33. The number of benzene rings is 1. The summed E-state index contributed by atoms with van der Waals surface area (Å²) in [7, 11) is 0. The van der Waals surface area contributed by atoms with Crippen molar-refractivity contribution < 1.29 is 14.3 Å². The molecule has 0 spiro atoms. The number of likely N-dealkylation sites (tertiary alicyclic amines) is 1. The molecule has 144 valence electrons. The van der Waals surface area contributed by atoms with Crippen molar-refractivity contribution in [2.45, 2.75) is 31.9 Å². The first-order valence-corrected chi connectivity index (χ1v) is 9.12. The first kappa shape index (κ1) is 20.7. The van der Waals surface area contributed by atoms with Crippen LogP contribution in [0.1, 0.15) is 30.1 Å². The van der Waals surface area contributed by atoms with Crippen molar-refractivity contribution in [3.63, 3.8) is 0 Å². The SMILES string of the molecule is C[C@H]1OCCN[C@@H]1C(=O)NCC1CCN(C(=O)c2ccccc2)CC1.Cl. The van der Waals surface area contributed by atoms with Crippen molar-refractivity contribution in [1.29, 1.82) is 0 Å². The van der Waals surface area contributed by atoms with Gasteiger partial charge in [0.2, 0.25) is 5.91 Å². The molecule has 0 radical (unpaired) electrons. The topological polar surface area (TPSA) is 70.7 Å². The van der Waals surface area contributed by atoms with Gasteiger partial charge in [0.15, 0.2) is 0 Å². The number of hydrogen-bond donors (Lipinski definition) is 2. The molecule has 0 bridgehead atoms. The van der Waals surface area contributed by atoms with Gasteiger partial charge in [0, 0.05) is 31.7 Å². The fourth-order valence-electron chi connectivity index (χ4n) is 3.49. The zero-order valence-electron chi connectivity index (χ0n) is 15.1. The number of rotatable bonds is 4. The summed E-state index contributed by atoms with van der Waals surface area (Å²) in [5, 5.41) is 6.25. The smallest absolute Gasteiger partial charge is 0.253 e. The van der Waals surface area contributed by atoms with Crippen molar-refractivity contribution in [2.75, 3.05) is 32.8 Å². The van der Waals surface area contributed by atoms with Crippen LogP contribution in [0.15, 0.2) is 30.3 Å². The third-order valence-corrected chi connectivity index (χ3v) is 5.09. The van der Waals surface area contributed by atoms with Crippen LogP contribution in [-0.4, -0.2) is 61.6 Å². The Balaban J connectivity index is 0.00000243. The molecule has 0 unspecified atom stereocenters. The number of hydrogen-bond acceptors (Lipinski definition) is 4. The van der Waals surface area contributed by atoms with E-state index in [0.717, 1.165) is 31.5 Å². The number of nitrogens with zero attached hydrogens (tertiary/aromatic N) is 1. The molecule has 1 aromatic carbocycles. The Labute approximate surface area is 161 Å². The molecular weight excluding hydrogens is 354 g/mol. The summed E-state index contributed by atoms with van der Waals surface area (Å²) in [6.45, 7) is 5.44. The van der Waals surface area contributed by atoms with Crippen LogP contribution < -0.4 is 10.6 Å². The first-order chi connectivity index (χ1) is 12.1. The lowest BCUT2D eigenvalue weighted by Crippen LogP contribution is -2.56. The maximum absolute atomic E-state index is 12.4. The van der Waals surface area contributed by atoms with Gasteiger partial charge < -0.3 is 20.3 Å². The fourth-order valence-corrected chi connectivity index (χ4v) is 3.49. The third-order valence-electron chi connectivity index (χ3n) is 5.09. The third kappa shape index (κ3) is 5.19. The molecule has 2 heterocycles. The van der Waals surface area contributed by atoms with Crippen LogP contribution in [0.5, 0.6) is 0 Å². The second kappa shape index (κ2) is 9.90. The summed E-state index contributed by atoms with van der Waals surface area (Å²) in [5.74, 6) is 0.527. The minimum atomic E-state index is -0.270. The van der Waals surface area contributed by atoms with Gasteiger partial charge in [-0.1, -0.05) is 18.2 Å². The number of morpholine rings is 1. The predicted octanol–water partition coefficient (Wildman–Crippen LogP) is 1.45. The first-order valence-electron chi connectivity index (χ1n) is 9.12. The Kier molecular flexibility index (Phi) is 7.87. The van der Waals surface area contributed by atoms with E-state index in [-0.39, 0.29) is 36.4 Å². The van der Waals surface area contributed by atoms with Crippen molar-refractivity contribution in [2.24, 2.45) is 5.92 Å². The molecule has 26 heavy (non-hydrogen) atoms. The van der Waals surface area contributed by atoms with Gasteiger partial charge in [-0.15, -0.1) is 12.4 Å². The van der Waals surface area contributed by atoms with Crippen LogP contribution in [0.2, 0.25) is 0 Å². The Morgan fingerprint density at radius 3 is 2.58 bits per heavy atom. The van der Waals surface area contributed by atoms with Crippen LogP contribution in [0.25, 0.3) is 0 Å². The highest BCUT2D eigenvalue weighted by Crippen LogP contribution is 2.18. The average molecular weight is 382 g/mol. The monoisotopic (exact) mass is 381 g/mol. The van der Waals surface area contributed by atoms with Gasteiger partial charge in [-0.05, 0) is 37.8 Å². The zero-order chi connectivity index (χ0) is 17.6. The summed E-state index contributed by atoms with van der Waals surface area (Å²) < 4.78 is 5.52. The maximum atomic E-state index is 12.4. The minimum Gasteiger partial charge on any atom is -0.375 e. The highest BCUT2D eigenvalue weighted by Gasteiger charge is 2.29. The molecule has 0 saturated carbocycles. The van der Waals surface area contributed by atoms with Crippen molar-refractivity contribution >= 4 is 24.2 Å². The number of carbonyl (C=O) groups is 2. The second-order valence-electron chi connectivity index (χ2n) is 6.85. The van der Waals surface area contributed by atoms with E-state index in [1.54, 1.807) is 0 Å². The molecule has 3 rings (SSSR count). The van der Waals surface area contributed by atoms with Gasteiger partial charge in [-0.3, -0.25) is 9.59 Å². The highest BCUT2D eigenvalue weighted by atomic mass is 35.5. The number of amides is 2. The van der Waals surface area contributed by atoms with Crippen LogP contribution in [0.4, 0.5) is 0 Å². The molecule has 2 aliphatic heterocycles. The summed E-state index contributed by atoms with van der Waals surface area (Å²) in [6.07, 6.45) is 1.74. The minimum absolute atomic E-state index is 0. The normalized spacial score (nSPS) is 23.8. The van der Waals surface area contributed by atoms with E-state index in [4.69, 9.17) is 4.74 Å². The van der Waals surface area contributed by atoms with Gasteiger partial charge in [0.1, 0.15) is 6.04 Å². The molecule has 1 aromatic rings. The summed E-state index contributed by atoms with van der Waals surface area (Å²) in [4.78, 5) is 26.6. The molecule has 2 amide bonds. The van der Waals surface area contributed by atoms with Gasteiger partial charge >= 0.3 is 0 Å². The van der Waals surface area contributed by atoms with Crippen LogP contribution >= 0.6 is 12.4 Å². The van der Waals surface area contributed by atoms with E-state index in [2.05, 4.69) is 10.6 Å². The van der Waals surface area contributed by atoms with Crippen molar-refractivity contribution in [3.8, 4) is 0 Å². The lowest BCUT2D eigenvalue weighted by atomic mass is 9.96. The summed E-state index contributed by atoms with van der Waals surface area (Å²) in [6, 6.07) is 9.13. The summed E-state index contributed by atoms with van der Waals surface area (Å²) >= 11 is 0. The molecule has 2 N–H and O–H groups in total. The fraction of sp³-hybridized carbons (Fsp3) is 0.579. The van der Waals surface area contributed by atoms with E-state index in [1.807, 2.05) is 42.2 Å². The highest BCUT2D eigenvalue weighted by molar-refractivity contribution is 5.94. The number of halogens is 1. The number of nitrogens with one attached hydrogen (secondary N) is 2. The van der Waals surface area contributed by atoms with Gasteiger partial charge in [-0.2, -0.15) is 0 Å². The molecule has 2 atom stereocenters. The Bertz CT molecular complexity index is 591. The van der Waals surface area contributed by atoms with E-state index in [0.29, 0.717) is 25.6 Å². The van der Waals surface area contributed by atoms with E-state index in [1.165, 1.54) is 0 Å². The van der Waals surface area contributed by atoms with Crippen LogP contribution in [0, 0.1) is 5.92 Å². The quantitative estimate of drug-likeness (QED) is 0.828. The number of ether oxygens (including phenoxy) is 1. The van der Waals surface area contributed by atoms with E-state index in [9.17, 15) is 9.59 Å². The molecule has 2 saturated heterocycles. The van der Waals surface area contributed by atoms with Gasteiger partial charge in [0.25, 0.3) is 5.91 Å². The van der Waals surface area contributed by atoms with Gasteiger partial charge in [0.05, 0.1) is 12.7 Å². The van der Waals surface area contributed by atoms with E-state index >= 15 is 0 Å². The molecule has 0 aliphatic carbocycles. The van der Waals surface area contributed by atoms with Crippen LogP contribution in [0.3, 0.4) is 0 Å². The molecule has 6 nitrogen and oxygen atoms in total. The molecule has 7 heteroatoms. The predicted molar refractivity (Wildman–Crippen MR) is 103 cm³/mol. The molecule has 0 aromatic heterocycles. The van der Waals surface area contributed by atoms with Crippen molar-refractivity contribution in [1.82, 2.24) is 15.5 Å². The lowest BCUT2D eigenvalue weighted by molar-refractivity contribution is -0.129. The molecule has 2 aliphatic rings.